The third kappa shape index (κ3) is 63.7. The summed E-state index contributed by atoms with van der Waals surface area (Å²) in [6.07, 6.45) is 95.6. The molecule has 0 spiro atoms. The number of esters is 3. The highest BCUT2D eigenvalue weighted by Crippen LogP contribution is 2.15. The molecule has 0 aromatic carbocycles. The van der Waals surface area contributed by atoms with Gasteiger partial charge in [0, 0.05) is 19.3 Å². The van der Waals surface area contributed by atoms with E-state index < -0.39 is 6.10 Å². The van der Waals surface area contributed by atoms with Gasteiger partial charge in [-0.05, 0) is 122 Å². The van der Waals surface area contributed by atoms with Crippen LogP contribution in [0.15, 0.2) is 158 Å². The number of unbranched alkanes of at least 4 members (excludes halogenated alkanes) is 19. The van der Waals surface area contributed by atoms with Crippen molar-refractivity contribution in [2.75, 3.05) is 13.2 Å². The molecule has 79 heavy (non-hydrogen) atoms. The van der Waals surface area contributed by atoms with Gasteiger partial charge in [0.15, 0.2) is 6.10 Å². The van der Waals surface area contributed by atoms with E-state index in [0.717, 1.165) is 128 Å². The van der Waals surface area contributed by atoms with Crippen molar-refractivity contribution in [2.24, 2.45) is 0 Å². The number of hydrogen-bond acceptors (Lipinski definition) is 6. The van der Waals surface area contributed by atoms with E-state index in [4.69, 9.17) is 14.2 Å². The SMILES string of the molecule is CC/C=C\C/C=C\C/C=C\C/C=C\C/C=C\C/C=C\C/C=C\C/C=C\C/C=C\CCCC(=O)OCC(COC(=O)CCCCCCCCC)OC(=O)CCCCCCCCCCCCCC/C=C\C/C=C\C/C=C\C/C=C\CC. The Hall–Kier alpha value is -4.97. The predicted octanol–water partition coefficient (Wildman–Crippen LogP) is 22.1. The van der Waals surface area contributed by atoms with Gasteiger partial charge >= 0.3 is 17.9 Å². The Morgan fingerprint density at radius 2 is 0.506 bits per heavy atom. The number of carbonyl (C=O) groups is 3. The Morgan fingerprint density at radius 3 is 0.823 bits per heavy atom. The first-order valence-electron chi connectivity index (χ1n) is 32.0. The second kappa shape index (κ2) is 65.5. The van der Waals surface area contributed by atoms with E-state index in [-0.39, 0.29) is 37.5 Å². The third-order valence-electron chi connectivity index (χ3n) is 13.0. The highest BCUT2D eigenvalue weighted by atomic mass is 16.6. The van der Waals surface area contributed by atoms with Gasteiger partial charge < -0.3 is 14.2 Å². The molecule has 0 heterocycles. The maximum Gasteiger partial charge on any atom is 0.306 e. The Bertz CT molecular complexity index is 1780. The van der Waals surface area contributed by atoms with Gasteiger partial charge in [0.05, 0.1) is 0 Å². The number of ether oxygens (including phenoxy) is 3. The fourth-order valence-corrected chi connectivity index (χ4v) is 8.32. The lowest BCUT2D eigenvalue weighted by molar-refractivity contribution is -0.167. The molecule has 0 bridgehead atoms. The molecule has 6 nitrogen and oxygen atoms in total. The summed E-state index contributed by atoms with van der Waals surface area (Å²) in [5.74, 6) is -0.976. The summed E-state index contributed by atoms with van der Waals surface area (Å²) < 4.78 is 16.8. The van der Waals surface area contributed by atoms with Crippen molar-refractivity contribution in [1.29, 1.82) is 0 Å². The molecular formula is C73H116O6. The Morgan fingerprint density at radius 1 is 0.266 bits per heavy atom. The van der Waals surface area contributed by atoms with Crippen LogP contribution in [0, 0.1) is 0 Å². The molecule has 0 aliphatic heterocycles. The van der Waals surface area contributed by atoms with Gasteiger partial charge in [-0.1, -0.05) is 281 Å². The van der Waals surface area contributed by atoms with Crippen molar-refractivity contribution < 1.29 is 28.6 Å². The first kappa shape index (κ1) is 74.0. The predicted molar refractivity (Wildman–Crippen MR) is 343 cm³/mol. The Kier molecular flexibility index (Phi) is 61.4. The molecule has 0 rings (SSSR count). The average Bonchev–Trinajstić information content (AvgIpc) is 3.45. The van der Waals surface area contributed by atoms with E-state index in [2.05, 4.69) is 179 Å². The van der Waals surface area contributed by atoms with Crippen molar-refractivity contribution in [3.8, 4) is 0 Å². The fourth-order valence-electron chi connectivity index (χ4n) is 8.32. The molecule has 0 saturated heterocycles. The van der Waals surface area contributed by atoms with E-state index in [1.165, 1.54) is 89.9 Å². The summed E-state index contributed by atoms with van der Waals surface area (Å²) in [5, 5.41) is 0. The molecular weight excluding hydrogens is 973 g/mol. The van der Waals surface area contributed by atoms with Crippen LogP contribution in [0.2, 0.25) is 0 Å². The Labute approximate surface area is 486 Å². The highest BCUT2D eigenvalue weighted by molar-refractivity contribution is 5.71. The van der Waals surface area contributed by atoms with E-state index >= 15 is 0 Å². The van der Waals surface area contributed by atoms with Gasteiger partial charge in [-0.25, -0.2) is 0 Å². The van der Waals surface area contributed by atoms with E-state index in [9.17, 15) is 14.4 Å². The zero-order valence-electron chi connectivity index (χ0n) is 50.8. The van der Waals surface area contributed by atoms with Crippen LogP contribution in [0.4, 0.5) is 0 Å². The number of rotatable bonds is 56. The van der Waals surface area contributed by atoms with Crippen molar-refractivity contribution in [2.45, 2.75) is 271 Å². The molecule has 0 aliphatic carbocycles. The highest BCUT2D eigenvalue weighted by Gasteiger charge is 2.19. The van der Waals surface area contributed by atoms with Crippen LogP contribution in [-0.4, -0.2) is 37.2 Å². The normalized spacial score (nSPS) is 13.2. The summed E-state index contributed by atoms with van der Waals surface area (Å²) in [7, 11) is 0. The van der Waals surface area contributed by atoms with Crippen LogP contribution in [0.5, 0.6) is 0 Å². The largest absolute Gasteiger partial charge is 0.462 e. The van der Waals surface area contributed by atoms with Crippen LogP contribution < -0.4 is 0 Å². The van der Waals surface area contributed by atoms with Gasteiger partial charge in [0.2, 0.25) is 0 Å². The summed E-state index contributed by atoms with van der Waals surface area (Å²) >= 11 is 0. The first-order valence-corrected chi connectivity index (χ1v) is 32.0. The number of hydrogen-bond donors (Lipinski definition) is 0. The fraction of sp³-hybridized carbons (Fsp3) is 0.603. The molecule has 1 unspecified atom stereocenters. The van der Waals surface area contributed by atoms with Crippen LogP contribution in [-0.2, 0) is 28.6 Å². The lowest BCUT2D eigenvalue weighted by atomic mass is 10.0. The standard InChI is InChI=1S/C73H116O6/c1-4-7-10-13-16-18-20-22-24-26-28-30-32-34-35-36-37-39-40-42-44-46-48-50-52-54-57-60-63-66-72(75)78-69-70(68-77-71(74)65-62-59-56-15-12-9-6-3)79-73(76)67-64-61-58-55-53-51-49-47-45-43-41-38-33-31-29-27-25-23-21-19-17-14-11-8-5-2/h7-8,10-11,16-19,22-25,28-31,34-35,37,39,42,44,48,50,54,57,70H,4-6,9,12-15,20-21,26-27,32-33,36,38,40-41,43,45-47,49,51-53,55-56,58-69H2,1-3H3/b10-7-,11-8-,18-16-,19-17-,24-22-,25-23-,30-28-,31-29-,35-34-,39-37-,44-42-,50-48-,57-54-. The van der Waals surface area contributed by atoms with E-state index in [1.807, 2.05) is 0 Å². The minimum Gasteiger partial charge on any atom is -0.462 e. The average molecular weight is 1090 g/mol. The molecule has 0 amide bonds. The van der Waals surface area contributed by atoms with Gasteiger partial charge in [-0.15, -0.1) is 0 Å². The smallest absolute Gasteiger partial charge is 0.306 e. The molecule has 1 atom stereocenters. The molecule has 444 valence electrons. The molecule has 0 aliphatic rings. The lowest BCUT2D eigenvalue weighted by Crippen LogP contribution is -2.30. The van der Waals surface area contributed by atoms with Gasteiger partial charge in [-0.3, -0.25) is 14.4 Å². The third-order valence-corrected chi connectivity index (χ3v) is 13.0. The van der Waals surface area contributed by atoms with E-state index in [1.54, 1.807) is 0 Å². The van der Waals surface area contributed by atoms with Crippen LogP contribution >= 0.6 is 0 Å². The minimum atomic E-state index is -0.807. The second-order valence-electron chi connectivity index (χ2n) is 20.6. The topological polar surface area (TPSA) is 78.9 Å². The summed E-state index contributed by atoms with van der Waals surface area (Å²) in [4.78, 5) is 38.1. The summed E-state index contributed by atoms with van der Waals surface area (Å²) in [5.41, 5.74) is 0. The van der Waals surface area contributed by atoms with Crippen molar-refractivity contribution in [3.05, 3.63) is 158 Å². The first-order chi connectivity index (χ1) is 39.0. The molecule has 0 aromatic rings. The molecule has 0 aromatic heterocycles. The maximum absolute atomic E-state index is 12.9. The number of carbonyl (C=O) groups excluding carboxylic acids is 3. The quantitative estimate of drug-likeness (QED) is 0.0261. The zero-order chi connectivity index (χ0) is 57.1. The lowest BCUT2D eigenvalue weighted by Gasteiger charge is -2.18. The van der Waals surface area contributed by atoms with Crippen LogP contribution in [0.1, 0.15) is 265 Å². The van der Waals surface area contributed by atoms with Gasteiger partial charge in [-0.2, -0.15) is 0 Å². The monoisotopic (exact) mass is 1090 g/mol. The second-order valence-corrected chi connectivity index (χ2v) is 20.6. The van der Waals surface area contributed by atoms with Crippen molar-refractivity contribution in [1.82, 2.24) is 0 Å². The molecule has 0 N–H and O–H groups in total. The molecule has 6 heteroatoms. The molecule has 0 fully saturated rings. The van der Waals surface area contributed by atoms with Crippen molar-refractivity contribution >= 4 is 17.9 Å². The molecule has 0 saturated carbocycles. The van der Waals surface area contributed by atoms with Crippen molar-refractivity contribution in [3.63, 3.8) is 0 Å². The van der Waals surface area contributed by atoms with E-state index in [0.29, 0.717) is 19.3 Å². The maximum atomic E-state index is 12.9. The Balaban J connectivity index is 4.28. The number of allylic oxidation sites excluding steroid dienone is 26. The van der Waals surface area contributed by atoms with Gasteiger partial charge in [0.25, 0.3) is 0 Å². The molecule has 0 radical (unpaired) electrons. The minimum absolute atomic E-state index is 0.101. The summed E-state index contributed by atoms with van der Waals surface area (Å²) in [6.45, 7) is 6.32. The summed E-state index contributed by atoms with van der Waals surface area (Å²) in [6, 6.07) is 0. The van der Waals surface area contributed by atoms with Gasteiger partial charge in [0.1, 0.15) is 13.2 Å². The van der Waals surface area contributed by atoms with Crippen LogP contribution in [0.25, 0.3) is 0 Å². The van der Waals surface area contributed by atoms with Crippen LogP contribution in [0.3, 0.4) is 0 Å². The zero-order valence-corrected chi connectivity index (χ0v) is 50.8.